The smallest absolute Gasteiger partial charge is 0.128 e. The Morgan fingerprint density at radius 2 is 1.68 bits per heavy atom. The average Bonchev–Trinajstić information content (AvgIpc) is 2.32. The molecule has 0 aromatic heterocycles. The Hall–Kier alpha value is -0.480. The third-order valence-corrected chi connectivity index (χ3v) is 3.76. The molecule has 0 fully saturated rings. The Balaban J connectivity index is 2.21. The van der Waals surface area contributed by atoms with Gasteiger partial charge >= 0.3 is 0 Å². The molecule has 1 N–H and O–H groups in total. The lowest BCUT2D eigenvalue weighted by Gasteiger charge is -2.11. The lowest BCUT2D eigenvalue weighted by atomic mass is 10.2. The van der Waals surface area contributed by atoms with Crippen LogP contribution in [0.5, 0.6) is 0 Å². The average molecular weight is 383 g/mol. The van der Waals surface area contributed by atoms with Crippen LogP contribution in [0.3, 0.4) is 0 Å². The molecule has 0 aliphatic heterocycles. The van der Waals surface area contributed by atoms with E-state index in [9.17, 15) is 4.39 Å². The number of anilines is 1. The van der Waals surface area contributed by atoms with E-state index in [2.05, 4.69) is 21.2 Å². The lowest BCUT2D eigenvalue weighted by molar-refractivity contribution is 0.613. The first-order valence-corrected chi connectivity index (χ1v) is 7.22. The number of rotatable bonds is 3. The third kappa shape index (κ3) is 3.76. The van der Waals surface area contributed by atoms with Crippen LogP contribution < -0.4 is 5.32 Å². The summed E-state index contributed by atoms with van der Waals surface area (Å²) in [7, 11) is 0. The van der Waals surface area contributed by atoms with Crippen LogP contribution in [0.2, 0.25) is 15.1 Å². The minimum absolute atomic E-state index is 0.244. The summed E-state index contributed by atoms with van der Waals surface area (Å²) >= 11 is 21.3. The van der Waals surface area contributed by atoms with E-state index < -0.39 is 0 Å². The molecule has 100 valence electrons. The largest absolute Gasteiger partial charge is 0.378 e. The summed E-state index contributed by atoms with van der Waals surface area (Å²) in [5.41, 5.74) is 1.01. The van der Waals surface area contributed by atoms with Gasteiger partial charge < -0.3 is 5.32 Å². The van der Waals surface area contributed by atoms with Crippen LogP contribution >= 0.6 is 50.7 Å². The fourth-order valence-electron chi connectivity index (χ4n) is 1.57. The molecule has 19 heavy (non-hydrogen) atoms. The van der Waals surface area contributed by atoms with Gasteiger partial charge in [0.2, 0.25) is 0 Å². The van der Waals surface area contributed by atoms with Crippen molar-refractivity contribution in [1.82, 2.24) is 0 Å². The predicted molar refractivity (Wildman–Crippen MR) is 82.9 cm³/mol. The fourth-order valence-corrected chi connectivity index (χ4v) is 3.11. The van der Waals surface area contributed by atoms with E-state index in [1.165, 1.54) is 12.1 Å². The van der Waals surface area contributed by atoms with E-state index in [4.69, 9.17) is 34.8 Å². The van der Waals surface area contributed by atoms with Gasteiger partial charge in [-0.15, -0.1) is 0 Å². The summed E-state index contributed by atoms with van der Waals surface area (Å²) in [5.74, 6) is -0.332. The molecule has 2 rings (SSSR count). The first-order chi connectivity index (χ1) is 8.97. The van der Waals surface area contributed by atoms with Crippen molar-refractivity contribution < 1.29 is 4.39 Å². The van der Waals surface area contributed by atoms with Gasteiger partial charge in [0.1, 0.15) is 5.82 Å². The Morgan fingerprint density at radius 1 is 1.05 bits per heavy atom. The molecule has 1 nitrogen and oxygen atoms in total. The molecule has 0 aliphatic carbocycles. The highest BCUT2D eigenvalue weighted by Crippen LogP contribution is 2.34. The maximum absolute atomic E-state index is 13.6. The number of halogens is 5. The maximum atomic E-state index is 13.6. The first-order valence-electron chi connectivity index (χ1n) is 5.29. The van der Waals surface area contributed by atoms with Crippen LogP contribution in [0.4, 0.5) is 10.1 Å². The zero-order valence-corrected chi connectivity index (χ0v) is 13.3. The molecule has 6 heteroatoms. The number of nitrogens with one attached hydrogen (secondary N) is 1. The van der Waals surface area contributed by atoms with Crippen molar-refractivity contribution in [3.8, 4) is 0 Å². The van der Waals surface area contributed by atoms with Gasteiger partial charge in [0.25, 0.3) is 0 Å². The molecule has 0 bridgehead atoms. The van der Waals surface area contributed by atoms with Gasteiger partial charge in [0, 0.05) is 21.6 Å². The summed E-state index contributed by atoms with van der Waals surface area (Å²) in [6.45, 7) is 0.244. The zero-order valence-electron chi connectivity index (χ0n) is 9.48. The second-order valence-corrected chi connectivity index (χ2v) is 6.00. The Kier molecular flexibility index (Phi) is 4.96. The van der Waals surface area contributed by atoms with Crippen molar-refractivity contribution in [1.29, 1.82) is 0 Å². The van der Waals surface area contributed by atoms with Gasteiger partial charge in [-0.25, -0.2) is 4.39 Å². The quantitative estimate of drug-likeness (QED) is 0.669. The standard InChI is InChI=1S/C13H8BrCl3FN/c14-8-4-10(16)13(11(17)5-8)19-6-7-3-9(15)1-2-12(7)18/h1-5,19H,6H2. The van der Waals surface area contributed by atoms with Gasteiger partial charge in [-0.05, 0) is 30.3 Å². The minimum Gasteiger partial charge on any atom is -0.378 e. The highest BCUT2D eigenvalue weighted by Gasteiger charge is 2.09. The zero-order chi connectivity index (χ0) is 14.0. The summed E-state index contributed by atoms with van der Waals surface area (Å²) in [6, 6.07) is 7.81. The molecule has 0 radical (unpaired) electrons. The molecular formula is C13H8BrCl3FN. The van der Waals surface area contributed by atoms with Crippen LogP contribution in [0.25, 0.3) is 0 Å². The molecule has 0 unspecified atom stereocenters. The normalized spacial score (nSPS) is 10.6. The summed E-state index contributed by atoms with van der Waals surface area (Å²) in [5, 5.41) is 4.41. The van der Waals surface area contributed by atoms with Crippen LogP contribution in [0.15, 0.2) is 34.8 Å². The highest BCUT2D eigenvalue weighted by atomic mass is 79.9. The van der Waals surface area contributed by atoms with Crippen molar-refractivity contribution in [2.45, 2.75) is 6.54 Å². The van der Waals surface area contributed by atoms with Gasteiger partial charge in [-0.1, -0.05) is 50.7 Å². The minimum atomic E-state index is -0.332. The van der Waals surface area contributed by atoms with E-state index in [-0.39, 0.29) is 12.4 Å². The van der Waals surface area contributed by atoms with Crippen molar-refractivity contribution in [3.63, 3.8) is 0 Å². The van der Waals surface area contributed by atoms with E-state index in [0.29, 0.717) is 26.3 Å². The summed E-state index contributed by atoms with van der Waals surface area (Å²) < 4.78 is 14.3. The van der Waals surface area contributed by atoms with E-state index in [0.717, 1.165) is 4.47 Å². The fraction of sp³-hybridized carbons (Fsp3) is 0.0769. The Bertz CT molecular complexity index is 596. The van der Waals surface area contributed by atoms with Crippen molar-refractivity contribution >= 4 is 56.4 Å². The monoisotopic (exact) mass is 381 g/mol. The second-order valence-electron chi connectivity index (χ2n) is 3.83. The van der Waals surface area contributed by atoms with Crippen molar-refractivity contribution in [2.24, 2.45) is 0 Å². The molecular weight excluding hydrogens is 375 g/mol. The number of benzene rings is 2. The summed E-state index contributed by atoms with van der Waals surface area (Å²) in [6.07, 6.45) is 0. The molecule has 2 aromatic rings. The Labute approximate surface area is 133 Å². The van der Waals surface area contributed by atoms with Crippen LogP contribution in [0, 0.1) is 5.82 Å². The van der Waals surface area contributed by atoms with Crippen molar-refractivity contribution in [2.75, 3.05) is 5.32 Å². The Morgan fingerprint density at radius 3 is 2.32 bits per heavy atom. The molecule has 0 saturated carbocycles. The van der Waals surface area contributed by atoms with Crippen LogP contribution in [-0.2, 0) is 6.54 Å². The van der Waals surface area contributed by atoms with Gasteiger partial charge in [-0.2, -0.15) is 0 Å². The predicted octanol–water partition coefficient (Wildman–Crippen LogP) is 6.16. The lowest BCUT2D eigenvalue weighted by Crippen LogP contribution is -2.03. The van der Waals surface area contributed by atoms with E-state index >= 15 is 0 Å². The molecule has 0 heterocycles. The number of hydrogen-bond acceptors (Lipinski definition) is 1. The van der Waals surface area contributed by atoms with E-state index in [1.54, 1.807) is 18.2 Å². The molecule has 0 aliphatic rings. The SMILES string of the molecule is Fc1ccc(Cl)cc1CNc1c(Cl)cc(Br)cc1Cl. The second kappa shape index (κ2) is 6.31. The third-order valence-electron chi connectivity index (χ3n) is 2.47. The van der Waals surface area contributed by atoms with Gasteiger partial charge in [0.15, 0.2) is 0 Å². The molecule has 2 aromatic carbocycles. The van der Waals surface area contributed by atoms with E-state index in [1.807, 2.05) is 0 Å². The maximum Gasteiger partial charge on any atom is 0.128 e. The molecule has 0 atom stereocenters. The van der Waals surface area contributed by atoms with Crippen LogP contribution in [0.1, 0.15) is 5.56 Å². The van der Waals surface area contributed by atoms with Crippen molar-refractivity contribution in [3.05, 3.63) is 61.3 Å². The molecule has 0 amide bonds. The highest BCUT2D eigenvalue weighted by molar-refractivity contribution is 9.10. The van der Waals surface area contributed by atoms with Gasteiger partial charge in [0.05, 0.1) is 15.7 Å². The molecule has 0 saturated heterocycles. The van der Waals surface area contributed by atoms with Gasteiger partial charge in [-0.3, -0.25) is 0 Å². The molecule has 0 spiro atoms. The summed E-state index contributed by atoms with van der Waals surface area (Å²) in [4.78, 5) is 0. The first kappa shape index (κ1) is 14.9. The topological polar surface area (TPSA) is 12.0 Å². The van der Waals surface area contributed by atoms with Crippen LogP contribution in [-0.4, -0.2) is 0 Å². The number of hydrogen-bond donors (Lipinski definition) is 1.